The minimum absolute atomic E-state index is 0.0953. The normalized spacial score (nSPS) is 22.6. The van der Waals surface area contributed by atoms with E-state index < -0.39 is 4.92 Å². The van der Waals surface area contributed by atoms with E-state index in [1.807, 2.05) is 0 Å². The third kappa shape index (κ3) is 2.66. The molecule has 1 aliphatic rings. The number of hydrogen-bond donors (Lipinski definition) is 0. The zero-order chi connectivity index (χ0) is 13.0. The van der Waals surface area contributed by atoms with Gasteiger partial charge in [0.05, 0.1) is 23.0 Å². The van der Waals surface area contributed by atoms with Crippen molar-refractivity contribution < 1.29 is 9.66 Å². The smallest absolute Gasteiger partial charge is 0.269 e. The van der Waals surface area contributed by atoms with Gasteiger partial charge in [-0.15, -0.1) is 0 Å². The van der Waals surface area contributed by atoms with Crippen molar-refractivity contribution in [3.63, 3.8) is 0 Å². The molecule has 1 saturated heterocycles. The molecule has 1 aromatic carbocycles. The highest BCUT2D eigenvalue weighted by molar-refractivity contribution is 5.33. The average molecular weight is 246 g/mol. The molecule has 1 atom stereocenters. The van der Waals surface area contributed by atoms with Crippen LogP contribution in [0, 0.1) is 26.9 Å². The first-order chi connectivity index (χ1) is 8.65. The summed E-state index contributed by atoms with van der Waals surface area (Å²) in [5.74, 6) is 0. The predicted octanol–water partition coefficient (Wildman–Crippen LogP) is 2.46. The van der Waals surface area contributed by atoms with E-state index in [0.29, 0.717) is 13.2 Å². The Labute approximate surface area is 105 Å². The van der Waals surface area contributed by atoms with Crippen LogP contribution in [0.15, 0.2) is 24.3 Å². The molecule has 0 saturated carbocycles. The minimum Gasteiger partial charge on any atom is -0.380 e. The van der Waals surface area contributed by atoms with Crippen molar-refractivity contribution in [2.75, 3.05) is 13.2 Å². The topological polar surface area (TPSA) is 76.2 Å². The van der Waals surface area contributed by atoms with Gasteiger partial charge in [0.25, 0.3) is 5.69 Å². The summed E-state index contributed by atoms with van der Waals surface area (Å²) in [6.07, 6.45) is 2.26. The Kier molecular flexibility index (Phi) is 3.58. The maximum atomic E-state index is 10.5. The Hall–Kier alpha value is -1.93. The van der Waals surface area contributed by atoms with Crippen molar-refractivity contribution in [2.45, 2.75) is 19.3 Å². The summed E-state index contributed by atoms with van der Waals surface area (Å²) in [6.45, 7) is 1.14. The van der Waals surface area contributed by atoms with Gasteiger partial charge in [0.1, 0.15) is 0 Å². The van der Waals surface area contributed by atoms with Gasteiger partial charge in [-0.3, -0.25) is 10.1 Å². The molecule has 0 N–H and O–H groups in total. The molecule has 5 nitrogen and oxygen atoms in total. The van der Waals surface area contributed by atoms with E-state index in [9.17, 15) is 15.4 Å². The van der Waals surface area contributed by atoms with Gasteiger partial charge in [0.2, 0.25) is 0 Å². The second kappa shape index (κ2) is 5.15. The third-order valence-corrected chi connectivity index (χ3v) is 3.38. The Morgan fingerprint density at radius 3 is 2.67 bits per heavy atom. The lowest BCUT2D eigenvalue weighted by molar-refractivity contribution is -0.384. The van der Waals surface area contributed by atoms with Gasteiger partial charge < -0.3 is 4.74 Å². The monoisotopic (exact) mass is 246 g/mol. The molecular weight excluding hydrogens is 232 g/mol. The predicted molar refractivity (Wildman–Crippen MR) is 64.9 cm³/mol. The van der Waals surface area contributed by atoms with Gasteiger partial charge in [0, 0.05) is 18.7 Å². The van der Waals surface area contributed by atoms with Crippen LogP contribution >= 0.6 is 0 Å². The summed E-state index contributed by atoms with van der Waals surface area (Å²) in [5, 5.41) is 19.7. The van der Waals surface area contributed by atoms with Gasteiger partial charge >= 0.3 is 0 Å². The lowest BCUT2D eigenvalue weighted by Gasteiger charge is -2.17. The number of nitrogens with zero attached hydrogens (tertiary/aromatic N) is 2. The first-order valence-electron chi connectivity index (χ1n) is 5.88. The third-order valence-electron chi connectivity index (χ3n) is 3.38. The van der Waals surface area contributed by atoms with Crippen LogP contribution in [-0.4, -0.2) is 18.1 Å². The lowest BCUT2D eigenvalue weighted by atomic mass is 9.83. The first kappa shape index (κ1) is 12.5. The highest BCUT2D eigenvalue weighted by Crippen LogP contribution is 2.33. The van der Waals surface area contributed by atoms with Crippen LogP contribution in [0.3, 0.4) is 0 Å². The fourth-order valence-electron chi connectivity index (χ4n) is 2.12. The van der Waals surface area contributed by atoms with Gasteiger partial charge in [-0.05, 0) is 24.8 Å². The van der Waals surface area contributed by atoms with E-state index in [0.717, 1.165) is 24.8 Å². The fourth-order valence-corrected chi connectivity index (χ4v) is 2.12. The summed E-state index contributed by atoms with van der Waals surface area (Å²) >= 11 is 0. The van der Waals surface area contributed by atoms with E-state index in [-0.39, 0.29) is 11.1 Å². The summed E-state index contributed by atoms with van der Waals surface area (Å²) in [4.78, 5) is 10.1. The standard InChI is InChI=1S/C13H14N2O3/c14-9-13(7-8-18-10-13)6-5-11-1-3-12(4-2-11)15(16)17/h1-4H,5-8,10H2. The Balaban J connectivity index is 1.98. The van der Waals surface area contributed by atoms with Crippen LogP contribution in [0.1, 0.15) is 18.4 Å². The first-order valence-corrected chi connectivity index (χ1v) is 5.88. The Morgan fingerprint density at radius 1 is 1.44 bits per heavy atom. The molecule has 5 heteroatoms. The number of aryl methyl sites for hydroxylation is 1. The number of hydrogen-bond acceptors (Lipinski definition) is 4. The Bertz CT molecular complexity index is 470. The molecule has 1 fully saturated rings. The van der Waals surface area contributed by atoms with Gasteiger partial charge in [-0.2, -0.15) is 5.26 Å². The van der Waals surface area contributed by atoms with Gasteiger partial charge in [-0.25, -0.2) is 0 Å². The highest BCUT2D eigenvalue weighted by Gasteiger charge is 2.34. The maximum Gasteiger partial charge on any atom is 0.269 e. The van der Waals surface area contributed by atoms with Crippen LogP contribution in [0.2, 0.25) is 0 Å². The SMILES string of the molecule is N#CC1(CCc2ccc([N+](=O)[O-])cc2)CCOC1. The number of ether oxygens (including phenoxy) is 1. The molecule has 18 heavy (non-hydrogen) atoms. The molecule has 1 unspecified atom stereocenters. The van der Waals surface area contributed by atoms with Crippen LogP contribution in [0.25, 0.3) is 0 Å². The van der Waals surface area contributed by atoms with Crippen molar-refractivity contribution in [1.29, 1.82) is 5.26 Å². The molecule has 2 rings (SSSR count). The zero-order valence-corrected chi connectivity index (χ0v) is 9.96. The summed E-state index contributed by atoms with van der Waals surface area (Å²) in [6, 6.07) is 8.84. The van der Waals surface area contributed by atoms with Crippen LogP contribution < -0.4 is 0 Å². The number of non-ortho nitro benzene ring substituents is 1. The largest absolute Gasteiger partial charge is 0.380 e. The second-order valence-corrected chi connectivity index (χ2v) is 4.62. The molecule has 0 aromatic heterocycles. The number of nitriles is 1. The van der Waals surface area contributed by atoms with Crippen LogP contribution in [0.4, 0.5) is 5.69 Å². The molecule has 1 heterocycles. The number of rotatable bonds is 4. The van der Waals surface area contributed by atoms with Crippen molar-refractivity contribution >= 4 is 5.69 Å². The van der Waals surface area contributed by atoms with E-state index in [1.54, 1.807) is 12.1 Å². The molecule has 0 amide bonds. The molecule has 0 aliphatic carbocycles. The van der Waals surface area contributed by atoms with Crippen LogP contribution in [-0.2, 0) is 11.2 Å². The number of nitro benzene ring substituents is 1. The van der Waals surface area contributed by atoms with E-state index >= 15 is 0 Å². The van der Waals surface area contributed by atoms with Crippen molar-refractivity contribution in [3.8, 4) is 6.07 Å². The van der Waals surface area contributed by atoms with Crippen molar-refractivity contribution in [3.05, 3.63) is 39.9 Å². The Morgan fingerprint density at radius 2 is 2.17 bits per heavy atom. The summed E-state index contributed by atoms with van der Waals surface area (Å²) in [5.41, 5.74) is 0.738. The molecule has 94 valence electrons. The number of nitro groups is 1. The second-order valence-electron chi connectivity index (χ2n) is 4.62. The van der Waals surface area contributed by atoms with Crippen molar-refractivity contribution in [1.82, 2.24) is 0 Å². The summed E-state index contributed by atoms with van der Waals surface area (Å²) < 4.78 is 5.28. The van der Waals surface area contributed by atoms with Crippen LogP contribution in [0.5, 0.6) is 0 Å². The molecule has 0 spiro atoms. The molecule has 0 bridgehead atoms. The van der Waals surface area contributed by atoms with Gasteiger partial charge in [-0.1, -0.05) is 12.1 Å². The molecule has 1 aromatic rings. The summed E-state index contributed by atoms with van der Waals surface area (Å²) in [7, 11) is 0. The maximum absolute atomic E-state index is 10.5. The lowest BCUT2D eigenvalue weighted by Crippen LogP contribution is -2.19. The van der Waals surface area contributed by atoms with E-state index in [2.05, 4.69) is 6.07 Å². The molecule has 0 radical (unpaired) electrons. The van der Waals surface area contributed by atoms with Crippen molar-refractivity contribution in [2.24, 2.45) is 5.41 Å². The zero-order valence-electron chi connectivity index (χ0n) is 9.96. The van der Waals surface area contributed by atoms with E-state index in [1.165, 1.54) is 12.1 Å². The minimum atomic E-state index is -0.411. The average Bonchev–Trinajstić information content (AvgIpc) is 2.86. The number of benzene rings is 1. The van der Waals surface area contributed by atoms with E-state index in [4.69, 9.17) is 4.74 Å². The molecular formula is C13H14N2O3. The molecule has 1 aliphatic heterocycles. The van der Waals surface area contributed by atoms with Gasteiger partial charge in [0.15, 0.2) is 0 Å². The quantitative estimate of drug-likeness (QED) is 0.604. The highest BCUT2D eigenvalue weighted by atomic mass is 16.6. The fraction of sp³-hybridized carbons (Fsp3) is 0.462.